The number of rotatable bonds is 4. The molecule has 2 unspecified atom stereocenters. The fraction of sp³-hybridized carbons (Fsp3) is 0.765. The van der Waals surface area contributed by atoms with Gasteiger partial charge in [-0.05, 0) is 44.7 Å². The smallest absolute Gasteiger partial charge is 0.117 e. The fourth-order valence-electron chi connectivity index (χ4n) is 3.78. The Morgan fingerprint density at radius 1 is 1.19 bits per heavy atom. The van der Waals surface area contributed by atoms with E-state index in [0.29, 0.717) is 12.1 Å². The van der Waals surface area contributed by atoms with Crippen LogP contribution in [0.2, 0.25) is 0 Å². The minimum atomic E-state index is -0.102. The Hall–Kier alpha value is -0.840. The van der Waals surface area contributed by atoms with Gasteiger partial charge in [-0.2, -0.15) is 0 Å². The molecular formula is C17H28N2O2. The summed E-state index contributed by atoms with van der Waals surface area (Å²) in [5.41, 5.74) is 0. The molecule has 1 aliphatic heterocycles. The van der Waals surface area contributed by atoms with E-state index >= 15 is 0 Å². The van der Waals surface area contributed by atoms with Crippen LogP contribution in [-0.2, 0) is 6.54 Å². The molecule has 1 aromatic rings. The zero-order valence-electron chi connectivity index (χ0n) is 13.1. The summed E-state index contributed by atoms with van der Waals surface area (Å²) in [6.07, 6.45) is 6.86. The number of aliphatic hydroxyl groups excluding tert-OH is 1. The molecule has 0 aromatic carbocycles. The number of aryl methyl sites for hydroxylation is 1. The van der Waals surface area contributed by atoms with Gasteiger partial charge in [0, 0.05) is 25.2 Å². The van der Waals surface area contributed by atoms with Crippen LogP contribution in [0.3, 0.4) is 0 Å². The molecule has 0 amide bonds. The monoisotopic (exact) mass is 292 g/mol. The van der Waals surface area contributed by atoms with E-state index in [0.717, 1.165) is 37.6 Å². The van der Waals surface area contributed by atoms with Crippen LogP contribution in [0, 0.1) is 6.92 Å². The molecule has 3 rings (SSSR count). The van der Waals surface area contributed by atoms with Gasteiger partial charge in [0.1, 0.15) is 11.5 Å². The van der Waals surface area contributed by atoms with E-state index in [2.05, 4.69) is 16.3 Å². The topological polar surface area (TPSA) is 48.6 Å². The lowest BCUT2D eigenvalue weighted by Gasteiger charge is -2.41. The minimum absolute atomic E-state index is 0.102. The van der Waals surface area contributed by atoms with Crippen molar-refractivity contribution in [3.05, 3.63) is 23.7 Å². The van der Waals surface area contributed by atoms with Crippen LogP contribution in [0.5, 0.6) is 0 Å². The third kappa shape index (κ3) is 3.87. The van der Waals surface area contributed by atoms with E-state index in [-0.39, 0.29) is 6.10 Å². The highest BCUT2D eigenvalue weighted by Gasteiger charge is 2.31. The highest BCUT2D eigenvalue weighted by atomic mass is 16.3. The van der Waals surface area contributed by atoms with Gasteiger partial charge < -0.3 is 14.8 Å². The van der Waals surface area contributed by atoms with Crippen LogP contribution < -0.4 is 5.32 Å². The summed E-state index contributed by atoms with van der Waals surface area (Å²) in [5, 5.41) is 13.8. The third-order valence-electron chi connectivity index (χ3n) is 5.05. The van der Waals surface area contributed by atoms with Crippen molar-refractivity contribution in [2.75, 3.05) is 13.1 Å². The SMILES string of the molecule is Cc1ccc(CNC2CCN(C3CCCCC3O)CC2)o1. The van der Waals surface area contributed by atoms with Crippen LogP contribution in [-0.4, -0.2) is 41.3 Å². The Morgan fingerprint density at radius 3 is 2.62 bits per heavy atom. The summed E-state index contributed by atoms with van der Waals surface area (Å²) in [5.74, 6) is 2.01. The van der Waals surface area contributed by atoms with Gasteiger partial charge >= 0.3 is 0 Å². The van der Waals surface area contributed by atoms with Crippen LogP contribution in [0.1, 0.15) is 50.0 Å². The Balaban J connectivity index is 1.42. The lowest BCUT2D eigenvalue weighted by Crippen LogP contribution is -2.51. The Kier molecular flexibility index (Phi) is 4.99. The second kappa shape index (κ2) is 6.95. The Morgan fingerprint density at radius 2 is 1.95 bits per heavy atom. The summed E-state index contributed by atoms with van der Waals surface area (Å²) in [4.78, 5) is 2.51. The summed E-state index contributed by atoms with van der Waals surface area (Å²) in [7, 11) is 0. The lowest BCUT2D eigenvalue weighted by molar-refractivity contribution is 0.00706. The van der Waals surface area contributed by atoms with Gasteiger partial charge in [0.25, 0.3) is 0 Å². The number of hydrogen-bond donors (Lipinski definition) is 2. The van der Waals surface area contributed by atoms with Gasteiger partial charge in [0.15, 0.2) is 0 Å². The van der Waals surface area contributed by atoms with E-state index in [4.69, 9.17) is 4.42 Å². The summed E-state index contributed by atoms with van der Waals surface area (Å²) < 4.78 is 5.60. The Bertz CT molecular complexity index is 438. The van der Waals surface area contributed by atoms with Gasteiger partial charge in [-0.15, -0.1) is 0 Å². The molecule has 21 heavy (non-hydrogen) atoms. The molecule has 1 aromatic heterocycles. The number of furan rings is 1. The van der Waals surface area contributed by atoms with Crippen LogP contribution >= 0.6 is 0 Å². The molecule has 1 saturated heterocycles. The molecule has 2 heterocycles. The number of nitrogens with one attached hydrogen (secondary N) is 1. The summed E-state index contributed by atoms with van der Waals surface area (Å²) in [6.45, 7) is 5.02. The largest absolute Gasteiger partial charge is 0.465 e. The first-order valence-corrected chi connectivity index (χ1v) is 8.43. The molecule has 1 saturated carbocycles. The van der Waals surface area contributed by atoms with E-state index in [1.165, 1.54) is 32.1 Å². The number of piperidine rings is 1. The fourth-order valence-corrected chi connectivity index (χ4v) is 3.78. The molecule has 2 atom stereocenters. The minimum Gasteiger partial charge on any atom is -0.465 e. The summed E-state index contributed by atoms with van der Waals surface area (Å²) in [6, 6.07) is 5.06. The van der Waals surface area contributed by atoms with Crippen LogP contribution in [0.25, 0.3) is 0 Å². The van der Waals surface area contributed by atoms with E-state index < -0.39 is 0 Å². The quantitative estimate of drug-likeness (QED) is 0.895. The zero-order valence-corrected chi connectivity index (χ0v) is 13.1. The van der Waals surface area contributed by atoms with Gasteiger partial charge in [0.2, 0.25) is 0 Å². The first kappa shape index (κ1) is 15.1. The summed E-state index contributed by atoms with van der Waals surface area (Å²) >= 11 is 0. The molecule has 0 spiro atoms. The van der Waals surface area contributed by atoms with Crippen LogP contribution in [0.4, 0.5) is 0 Å². The van der Waals surface area contributed by atoms with Crippen molar-refractivity contribution in [2.45, 2.75) is 70.2 Å². The van der Waals surface area contributed by atoms with Gasteiger partial charge in [-0.25, -0.2) is 0 Å². The van der Waals surface area contributed by atoms with E-state index in [9.17, 15) is 5.11 Å². The predicted molar refractivity (Wildman–Crippen MR) is 83.1 cm³/mol. The van der Waals surface area contributed by atoms with E-state index in [1.807, 2.05) is 13.0 Å². The van der Waals surface area contributed by atoms with Gasteiger partial charge in [-0.3, -0.25) is 4.90 Å². The molecule has 0 radical (unpaired) electrons. The average molecular weight is 292 g/mol. The molecule has 4 heteroatoms. The van der Waals surface area contributed by atoms with Gasteiger partial charge in [0.05, 0.1) is 12.6 Å². The van der Waals surface area contributed by atoms with Crippen molar-refractivity contribution in [2.24, 2.45) is 0 Å². The lowest BCUT2D eigenvalue weighted by atomic mass is 9.89. The number of nitrogens with zero attached hydrogens (tertiary/aromatic N) is 1. The highest BCUT2D eigenvalue weighted by molar-refractivity contribution is 5.05. The highest BCUT2D eigenvalue weighted by Crippen LogP contribution is 2.26. The molecule has 0 bridgehead atoms. The standard InChI is InChI=1S/C17H28N2O2/c1-13-6-7-15(21-13)12-18-14-8-10-19(11-9-14)16-4-2-3-5-17(16)20/h6-7,14,16-18,20H,2-5,8-12H2,1H3. The first-order chi connectivity index (χ1) is 10.2. The van der Waals surface area contributed by atoms with Crippen molar-refractivity contribution >= 4 is 0 Å². The van der Waals surface area contributed by atoms with Crippen molar-refractivity contribution < 1.29 is 9.52 Å². The van der Waals surface area contributed by atoms with Crippen molar-refractivity contribution in [3.8, 4) is 0 Å². The number of likely N-dealkylation sites (tertiary alicyclic amines) is 1. The molecule has 118 valence electrons. The van der Waals surface area contributed by atoms with Crippen molar-refractivity contribution in [1.29, 1.82) is 0 Å². The molecule has 2 N–H and O–H groups in total. The maximum absolute atomic E-state index is 10.2. The number of hydrogen-bond acceptors (Lipinski definition) is 4. The normalized spacial score (nSPS) is 28.9. The maximum Gasteiger partial charge on any atom is 0.117 e. The van der Waals surface area contributed by atoms with Crippen molar-refractivity contribution in [3.63, 3.8) is 0 Å². The van der Waals surface area contributed by atoms with Crippen molar-refractivity contribution in [1.82, 2.24) is 10.2 Å². The molecule has 2 aliphatic rings. The van der Waals surface area contributed by atoms with Gasteiger partial charge in [-0.1, -0.05) is 12.8 Å². The van der Waals surface area contributed by atoms with Crippen LogP contribution in [0.15, 0.2) is 16.5 Å². The maximum atomic E-state index is 10.2. The predicted octanol–water partition coefficient (Wildman–Crippen LogP) is 2.45. The average Bonchev–Trinajstić information content (AvgIpc) is 2.92. The Labute approximate surface area is 127 Å². The first-order valence-electron chi connectivity index (χ1n) is 8.43. The van der Waals surface area contributed by atoms with E-state index in [1.54, 1.807) is 0 Å². The third-order valence-corrected chi connectivity index (χ3v) is 5.05. The molecular weight excluding hydrogens is 264 g/mol. The second-order valence-corrected chi connectivity index (χ2v) is 6.62. The molecule has 2 fully saturated rings. The number of aliphatic hydroxyl groups is 1. The second-order valence-electron chi connectivity index (χ2n) is 6.62. The molecule has 4 nitrogen and oxygen atoms in total. The zero-order chi connectivity index (χ0) is 14.7. The molecule has 1 aliphatic carbocycles.